The molecule has 1 aromatic rings. The van der Waals surface area contributed by atoms with Gasteiger partial charge in [-0.3, -0.25) is 4.79 Å². The smallest absolute Gasteiger partial charge is 0.304 e. The van der Waals surface area contributed by atoms with E-state index in [4.69, 9.17) is 10.8 Å². The zero-order chi connectivity index (χ0) is 13.8. The molecule has 2 unspecified atom stereocenters. The summed E-state index contributed by atoms with van der Waals surface area (Å²) in [5.74, 6) is -0.797. The van der Waals surface area contributed by atoms with E-state index in [0.29, 0.717) is 0 Å². The van der Waals surface area contributed by atoms with Crippen molar-refractivity contribution in [2.24, 2.45) is 5.73 Å². The summed E-state index contributed by atoms with van der Waals surface area (Å²) in [6.07, 6.45) is 1.78. The van der Waals surface area contributed by atoms with Crippen molar-refractivity contribution in [1.82, 2.24) is 0 Å². The van der Waals surface area contributed by atoms with Crippen LogP contribution in [0.2, 0.25) is 0 Å². The van der Waals surface area contributed by atoms with Crippen molar-refractivity contribution in [1.29, 1.82) is 0 Å². The molecule has 0 aliphatic heterocycles. The second kappa shape index (κ2) is 6.01. The van der Waals surface area contributed by atoms with Crippen LogP contribution in [0, 0.1) is 0 Å². The highest BCUT2D eigenvalue weighted by Crippen LogP contribution is 2.34. The topological polar surface area (TPSA) is 63.3 Å². The van der Waals surface area contributed by atoms with Crippen LogP contribution in [0.5, 0.6) is 0 Å². The minimum Gasteiger partial charge on any atom is -0.481 e. The van der Waals surface area contributed by atoms with E-state index in [1.54, 1.807) is 0 Å². The molecule has 0 saturated heterocycles. The number of hydrogen-bond donors (Lipinski definition) is 2. The Kier molecular flexibility index (Phi) is 4.91. The van der Waals surface area contributed by atoms with Crippen LogP contribution in [0.4, 0.5) is 0 Å². The Morgan fingerprint density at radius 3 is 2.22 bits per heavy atom. The Morgan fingerprint density at radius 2 is 1.89 bits per heavy atom. The molecule has 0 bridgehead atoms. The maximum absolute atomic E-state index is 11.1. The quantitative estimate of drug-likeness (QED) is 0.814. The largest absolute Gasteiger partial charge is 0.481 e. The van der Waals surface area contributed by atoms with Crippen LogP contribution in [0.3, 0.4) is 0 Å². The molecule has 0 aliphatic rings. The average molecular weight is 249 g/mol. The third-order valence-corrected chi connectivity index (χ3v) is 3.91. The fraction of sp³-hybridized carbons (Fsp3) is 0.533. The van der Waals surface area contributed by atoms with E-state index < -0.39 is 11.4 Å². The van der Waals surface area contributed by atoms with Gasteiger partial charge in [-0.05, 0) is 30.9 Å². The van der Waals surface area contributed by atoms with Crippen molar-refractivity contribution in [3.63, 3.8) is 0 Å². The number of nitrogens with two attached hydrogens (primary N) is 1. The second-order valence-corrected chi connectivity index (χ2v) is 4.92. The van der Waals surface area contributed by atoms with Gasteiger partial charge in [-0.15, -0.1) is 0 Å². The van der Waals surface area contributed by atoms with Crippen LogP contribution in [0.1, 0.15) is 44.7 Å². The van der Waals surface area contributed by atoms with Gasteiger partial charge in [0.2, 0.25) is 0 Å². The van der Waals surface area contributed by atoms with Crippen molar-refractivity contribution in [2.45, 2.75) is 51.5 Å². The lowest BCUT2D eigenvalue weighted by molar-refractivity contribution is -0.138. The average Bonchev–Trinajstić information content (AvgIpc) is 2.35. The highest BCUT2D eigenvalue weighted by Gasteiger charge is 2.36. The molecule has 0 aromatic heterocycles. The van der Waals surface area contributed by atoms with Gasteiger partial charge in [-0.25, -0.2) is 0 Å². The number of carbonyl (C=O) groups is 1. The molecule has 1 rings (SSSR count). The number of aryl methyl sites for hydroxylation is 1. The maximum Gasteiger partial charge on any atom is 0.304 e. The van der Waals surface area contributed by atoms with Crippen LogP contribution in [0.15, 0.2) is 24.3 Å². The van der Waals surface area contributed by atoms with Gasteiger partial charge >= 0.3 is 5.97 Å². The fourth-order valence-electron chi connectivity index (χ4n) is 2.52. The molecule has 0 spiro atoms. The molecular weight excluding hydrogens is 226 g/mol. The summed E-state index contributed by atoms with van der Waals surface area (Å²) in [5, 5.41) is 9.14. The number of hydrogen-bond acceptors (Lipinski definition) is 2. The summed E-state index contributed by atoms with van der Waals surface area (Å²) in [6.45, 7) is 5.99. The first-order chi connectivity index (χ1) is 8.46. The molecular formula is C15H23NO2. The summed E-state index contributed by atoms with van der Waals surface area (Å²) in [7, 11) is 0. The van der Waals surface area contributed by atoms with Crippen molar-refractivity contribution >= 4 is 5.97 Å². The van der Waals surface area contributed by atoms with Gasteiger partial charge < -0.3 is 10.8 Å². The van der Waals surface area contributed by atoms with Crippen molar-refractivity contribution in [2.75, 3.05) is 0 Å². The number of carboxylic acid groups (broad SMARTS) is 1. The maximum atomic E-state index is 11.1. The minimum atomic E-state index is -0.797. The van der Waals surface area contributed by atoms with E-state index in [9.17, 15) is 4.79 Å². The molecule has 0 radical (unpaired) electrons. The molecule has 0 amide bonds. The SMILES string of the molecule is CCc1ccc(C(CC)(CC(=O)O)C(C)N)cc1. The van der Waals surface area contributed by atoms with Crippen LogP contribution < -0.4 is 5.73 Å². The summed E-state index contributed by atoms with van der Waals surface area (Å²) in [6, 6.07) is 7.98. The van der Waals surface area contributed by atoms with Gasteiger partial charge in [0.1, 0.15) is 0 Å². The van der Waals surface area contributed by atoms with Crippen molar-refractivity contribution in [3.8, 4) is 0 Å². The van der Waals surface area contributed by atoms with Gasteiger partial charge in [0.05, 0.1) is 6.42 Å². The van der Waals surface area contributed by atoms with Gasteiger partial charge in [0.15, 0.2) is 0 Å². The van der Waals surface area contributed by atoms with E-state index in [1.807, 2.05) is 26.0 Å². The number of aliphatic carboxylic acids is 1. The van der Waals surface area contributed by atoms with E-state index in [-0.39, 0.29) is 12.5 Å². The van der Waals surface area contributed by atoms with Gasteiger partial charge in [0, 0.05) is 11.5 Å². The Balaban J connectivity index is 3.19. The molecule has 3 N–H and O–H groups in total. The van der Waals surface area contributed by atoms with Crippen LogP contribution >= 0.6 is 0 Å². The molecule has 0 saturated carbocycles. The third kappa shape index (κ3) is 2.91. The van der Waals surface area contributed by atoms with Gasteiger partial charge in [0.25, 0.3) is 0 Å². The van der Waals surface area contributed by atoms with Crippen LogP contribution in [-0.2, 0) is 16.6 Å². The second-order valence-electron chi connectivity index (χ2n) is 4.92. The van der Waals surface area contributed by atoms with Crippen LogP contribution in [-0.4, -0.2) is 17.1 Å². The first-order valence-corrected chi connectivity index (χ1v) is 6.53. The molecule has 0 fully saturated rings. The van der Waals surface area contributed by atoms with E-state index in [0.717, 1.165) is 18.4 Å². The summed E-state index contributed by atoms with van der Waals surface area (Å²) in [4.78, 5) is 11.1. The van der Waals surface area contributed by atoms with Crippen molar-refractivity contribution in [3.05, 3.63) is 35.4 Å². The number of benzene rings is 1. The monoisotopic (exact) mass is 249 g/mol. The van der Waals surface area contributed by atoms with E-state index in [1.165, 1.54) is 5.56 Å². The standard InChI is InChI=1S/C15H23NO2/c1-4-12-6-8-13(9-7-12)15(5-2,11(3)16)10-14(17)18/h6-9,11H,4-5,10,16H2,1-3H3,(H,17,18). The summed E-state index contributed by atoms with van der Waals surface area (Å²) in [5.41, 5.74) is 7.88. The fourth-order valence-corrected chi connectivity index (χ4v) is 2.52. The summed E-state index contributed by atoms with van der Waals surface area (Å²) < 4.78 is 0. The van der Waals surface area contributed by atoms with Gasteiger partial charge in [-0.2, -0.15) is 0 Å². The zero-order valence-electron chi connectivity index (χ0n) is 11.4. The Labute approximate surface area is 109 Å². The normalized spacial score (nSPS) is 16.0. The first kappa shape index (κ1) is 14.7. The molecule has 100 valence electrons. The third-order valence-electron chi connectivity index (χ3n) is 3.91. The molecule has 3 nitrogen and oxygen atoms in total. The predicted octanol–water partition coefficient (Wildman–Crippen LogP) is 2.72. The Hall–Kier alpha value is -1.35. The molecule has 1 aromatic carbocycles. The van der Waals surface area contributed by atoms with E-state index in [2.05, 4.69) is 19.1 Å². The van der Waals surface area contributed by atoms with Crippen molar-refractivity contribution < 1.29 is 9.90 Å². The summed E-state index contributed by atoms with van der Waals surface area (Å²) >= 11 is 0. The van der Waals surface area contributed by atoms with Crippen LogP contribution in [0.25, 0.3) is 0 Å². The lowest BCUT2D eigenvalue weighted by Gasteiger charge is -2.36. The minimum absolute atomic E-state index is 0.0760. The number of rotatable bonds is 6. The highest BCUT2D eigenvalue weighted by atomic mass is 16.4. The molecule has 18 heavy (non-hydrogen) atoms. The zero-order valence-corrected chi connectivity index (χ0v) is 11.4. The van der Waals surface area contributed by atoms with Gasteiger partial charge in [-0.1, -0.05) is 38.1 Å². The predicted molar refractivity (Wildman–Crippen MR) is 73.7 cm³/mol. The number of carboxylic acids is 1. The molecule has 3 heteroatoms. The lowest BCUT2D eigenvalue weighted by atomic mass is 9.70. The molecule has 0 heterocycles. The Morgan fingerprint density at radius 1 is 1.33 bits per heavy atom. The molecule has 0 aliphatic carbocycles. The first-order valence-electron chi connectivity index (χ1n) is 6.53. The lowest BCUT2D eigenvalue weighted by Crippen LogP contribution is -2.44. The van der Waals surface area contributed by atoms with E-state index >= 15 is 0 Å². The highest BCUT2D eigenvalue weighted by molar-refractivity contribution is 5.69. The Bertz CT molecular complexity index is 397. The molecule has 2 atom stereocenters.